The lowest BCUT2D eigenvalue weighted by atomic mass is 9.95. The summed E-state index contributed by atoms with van der Waals surface area (Å²) in [5.74, 6) is 0. The molecule has 1 rings (SSSR count). The molecule has 5 heteroatoms. The Balaban J connectivity index is 2.82. The van der Waals surface area contributed by atoms with E-state index in [1.807, 2.05) is 27.7 Å². The van der Waals surface area contributed by atoms with Gasteiger partial charge in [-0.2, -0.15) is 0 Å². The molecule has 0 aromatic carbocycles. The third-order valence-electron chi connectivity index (χ3n) is 4.01. The molecule has 1 N–H and O–H groups in total. The van der Waals surface area contributed by atoms with Crippen LogP contribution < -0.4 is 5.32 Å². The summed E-state index contributed by atoms with van der Waals surface area (Å²) in [5, 5.41) is 3.00. The third-order valence-corrected chi connectivity index (χ3v) is 6.86. The van der Waals surface area contributed by atoms with Gasteiger partial charge in [0.05, 0.1) is 13.2 Å². The van der Waals surface area contributed by atoms with Gasteiger partial charge in [-0.25, -0.2) is 0 Å². The fraction of sp³-hybridized carbons (Fsp3) is 1.00. The Hall–Kier alpha value is 0.110. The van der Waals surface area contributed by atoms with Crippen LogP contribution in [0.5, 0.6) is 0 Å². The predicted molar refractivity (Wildman–Crippen MR) is 79.6 cm³/mol. The van der Waals surface area contributed by atoms with Gasteiger partial charge in [-0.05, 0) is 40.0 Å². The molecule has 1 fully saturated rings. The fourth-order valence-electron chi connectivity index (χ4n) is 2.72. The Labute approximate surface area is 118 Å². The van der Waals surface area contributed by atoms with E-state index in [0.717, 1.165) is 19.3 Å². The molecule has 1 aliphatic rings. The van der Waals surface area contributed by atoms with Gasteiger partial charge in [0, 0.05) is 6.04 Å². The topological polar surface area (TPSA) is 47.6 Å². The first-order valence-electron chi connectivity index (χ1n) is 7.68. The average molecular weight is 291 g/mol. The minimum Gasteiger partial charge on any atom is -0.308 e. The first-order chi connectivity index (χ1) is 9.01. The lowest BCUT2D eigenvalue weighted by Gasteiger charge is -2.40. The molecule has 0 aliphatic heterocycles. The standard InChI is InChI=1S/C14H30NO3P/c1-5-14(4,15-13-11-9-8-10-12-13)19(16,17-6-2)18-7-3/h13,15H,5-12H2,1-4H3. The maximum atomic E-state index is 13.0. The van der Waals surface area contributed by atoms with Crippen LogP contribution in [-0.2, 0) is 13.6 Å². The lowest BCUT2D eigenvalue weighted by molar-refractivity contribution is 0.177. The Morgan fingerprint density at radius 1 is 1.11 bits per heavy atom. The van der Waals surface area contributed by atoms with Crippen LogP contribution in [0.2, 0.25) is 0 Å². The smallest absolute Gasteiger partial charge is 0.308 e. The SMILES string of the molecule is CCOP(=O)(OCC)C(C)(CC)NC1CCCCC1. The summed E-state index contributed by atoms with van der Waals surface area (Å²) in [5.41, 5.74) is 0. The molecule has 0 amide bonds. The van der Waals surface area contributed by atoms with Crippen molar-refractivity contribution >= 4 is 7.60 Å². The second kappa shape index (κ2) is 7.78. The van der Waals surface area contributed by atoms with Gasteiger partial charge in [-0.3, -0.25) is 9.88 Å². The van der Waals surface area contributed by atoms with Crippen molar-refractivity contribution in [2.24, 2.45) is 0 Å². The molecule has 1 saturated carbocycles. The Morgan fingerprint density at radius 2 is 1.63 bits per heavy atom. The monoisotopic (exact) mass is 291 g/mol. The molecular formula is C14H30NO3P. The van der Waals surface area contributed by atoms with E-state index < -0.39 is 12.9 Å². The lowest BCUT2D eigenvalue weighted by Crippen LogP contribution is -2.49. The molecule has 0 bridgehead atoms. The molecule has 1 unspecified atom stereocenters. The summed E-state index contributed by atoms with van der Waals surface area (Å²) in [6, 6.07) is 0.438. The number of rotatable bonds is 8. The Kier molecular flexibility index (Phi) is 7.02. The Morgan fingerprint density at radius 3 is 2.05 bits per heavy atom. The zero-order chi connectivity index (χ0) is 14.4. The van der Waals surface area contributed by atoms with E-state index in [-0.39, 0.29) is 0 Å². The van der Waals surface area contributed by atoms with Crippen LogP contribution in [0, 0.1) is 0 Å². The van der Waals surface area contributed by atoms with Crippen molar-refractivity contribution in [3.05, 3.63) is 0 Å². The minimum absolute atomic E-state index is 0.416. The van der Waals surface area contributed by atoms with E-state index in [0.29, 0.717) is 19.3 Å². The zero-order valence-electron chi connectivity index (χ0n) is 12.9. The molecule has 19 heavy (non-hydrogen) atoms. The van der Waals surface area contributed by atoms with Crippen molar-refractivity contribution in [2.75, 3.05) is 13.2 Å². The molecule has 0 aromatic heterocycles. The van der Waals surface area contributed by atoms with Crippen LogP contribution in [0.25, 0.3) is 0 Å². The van der Waals surface area contributed by atoms with Gasteiger partial charge in [0.2, 0.25) is 0 Å². The summed E-state index contributed by atoms with van der Waals surface area (Å²) in [6.45, 7) is 8.58. The first-order valence-corrected chi connectivity index (χ1v) is 9.22. The second-order valence-electron chi connectivity index (χ2n) is 5.44. The van der Waals surface area contributed by atoms with Crippen molar-refractivity contribution in [2.45, 2.75) is 77.5 Å². The molecule has 0 saturated heterocycles. The molecule has 114 valence electrons. The molecule has 0 spiro atoms. The molecule has 0 radical (unpaired) electrons. The molecular weight excluding hydrogens is 261 g/mol. The van der Waals surface area contributed by atoms with E-state index >= 15 is 0 Å². The van der Waals surface area contributed by atoms with Crippen LogP contribution in [0.15, 0.2) is 0 Å². The van der Waals surface area contributed by atoms with Gasteiger partial charge in [-0.1, -0.05) is 26.2 Å². The fourth-order valence-corrected chi connectivity index (χ4v) is 4.78. The predicted octanol–water partition coefficient (Wildman–Crippen LogP) is 4.30. The third kappa shape index (κ3) is 4.29. The highest BCUT2D eigenvalue weighted by Gasteiger charge is 2.46. The summed E-state index contributed by atoms with van der Waals surface area (Å²) < 4.78 is 24.1. The van der Waals surface area contributed by atoms with Crippen molar-refractivity contribution in [1.29, 1.82) is 0 Å². The van der Waals surface area contributed by atoms with Crippen LogP contribution in [-0.4, -0.2) is 24.5 Å². The zero-order valence-corrected chi connectivity index (χ0v) is 13.8. The van der Waals surface area contributed by atoms with Crippen LogP contribution in [0.3, 0.4) is 0 Å². The summed E-state index contributed by atoms with van der Waals surface area (Å²) >= 11 is 0. The molecule has 4 nitrogen and oxygen atoms in total. The summed E-state index contributed by atoms with van der Waals surface area (Å²) in [6.07, 6.45) is 6.88. The summed E-state index contributed by atoms with van der Waals surface area (Å²) in [7, 11) is -3.12. The van der Waals surface area contributed by atoms with Gasteiger partial charge in [-0.15, -0.1) is 0 Å². The van der Waals surface area contributed by atoms with Crippen LogP contribution in [0.4, 0.5) is 0 Å². The highest BCUT2D eigenvalue weighted by atomic mass is 31.2. The highest BCUT2D eigenvalue weighted by molar-refractivity contribution is 7.55. The summed E-state index contributed by atoms with van der Waals surface area (Å²) in [4.78, 5) is 0. The van der Waals surface area contributed by atoms with Crippen molar-refractivity contribution in [3.8, 4) is 0 Å². The van der Waals surface area contributed by atoms with E-state index in [1.165, 1.54) is 19.3 Å². The number of hydrogen-bond acceptors (Lipinski definition) is 4. The normalized spacial score (nSPS) is 21.3. The van der Waals surface area contributed by atoms with Gasteiger partial charge in [0.1, 0.15) is 5.28 Å². The van der Waals surface area contributed by atoms with Crippen molar-refractivity contribution in [3.63, 3.8) is 0 Å². The van der Waals surface area contributed by atoms with E-state index in [9.17, 15) is 4.57 Å². The van der Waals surface area contributed by atoms with E-state index in [4.69, 9.17) is 9.05 Å². The maximum absolute atomic E-state index is 13.0. The van der Waals surface area contributed by atoms with Gasteiger partial charge < -0.3 is 9.05 Å². The molecule has 1 aliphatic carbocycles. The first kappa shape index (κ1) is 17.2. The van der Waals surface area contributed by atoms with E-state index in [2.05, 4.69) is 5.32 Å². The van der Waals surface area contributed by atoms with Crippen LogP contribution in [0.1, 0.15) is 66.2 Å². The molecule has 0 aromatic rings. The molecule has 0 heterocycles. The van der Waals surface area contributed by atoms with Gasteiger partial charge >= 0.3 is 7.60 Å². The minimum atomic E-state index is -3.12. The van der Waals surface area contributed by atoms with Gasteiger partial charge in [0.25, 0.3) is 0 Å². The van der Waals surface area contributed by atoms with Crippen molar-refractivity contribution < 1.29 is 13.6 Å². The van der Waals surface area contributed by atoms with Crippen LogP contribution >= 0.6 is 7.60 Å². The van der Waals surface area contributed by atoms with E-state index in [1.54, 1.807) is 0 Å². The highest BCUT2D eigenvalue weighted by Crippen LogP contribution is 2.60. The van der Waals surface area contributed by atoms with Gasteiger partial charge in [0.15, 0.2) is 0 Å². The quantitative estimate of drug-likeness (QED) is 0.677. The second-order valence-corrected chi connectivity index (χ2v) is 7.94. The largest absolute Gasteiger partial charge is 0.350 e. The maximum Gasteiger partial charge on any atom is 0.350 e. The van der Waals surface area contributed by atoms with Crippen molar-refractivity contribution in [1.82, 2.24) is 5.32 Å². The number of nitrogens with one attached hydrogen (secondary N) is 1. The number of hydrogen-bond donors (Lipinski definition) is 1. The molecule has 1 atom stereocenters. The average Bonchev–Trinajstić information content (AvgIpc) is 2.40. The Bertz CT molecular complexity index is 295.